The van der Waals surface area contributed by atoms with E-state index < -0.39 is 0 Å². The highest BCUT2D eigenvalue weighted by Crippen LogP contribution is 2.16. The lowest BCUT2D eigenvalue weighted by molar-refractivity contribution is 0.00512. The third kappa shape index (κ3) is 4.49. The molecular formula is C12H26N2O. The zero-order valence-corrected chi connectivity index (χ0v) is 10.5. The van der Waals surface area contributed by atoms with Crippen LogP contribution in [0.1, 0.15) is 33.1 Å². The molecule has 1 saturated heterocycles. The van der Waals surface area contributed by atoms with E-state index in [4.69, 9.17) is 4.74 Å². The van der Waals surface area contributed by atoms with Gasteiger partial charge in [0.05, 0.1) is 6.10 Å². The number of piperidine rings is 1. The molecule has 1 rings (SSSR count). The largest absolute Gasteiger partial charge is 0.378 e. The Kier molecular flexibility index (Phi) is 6.22. The van der Waals surface area contributed by atoms with Gasteiger partial charge in [0.25, 0.3) is 0 Å². The highest BCUT2D eigenvalue weighted by Gasteiger charge is 2.22. The average molecular weight is 214 g/mol. The maximum Gasteiger partial charge on any atom is 0.0599 e. The van der Waals surface area contributed by atoms with Crippen LogP contribution in [0.25, 0.3) is 0 Å². The van der Waals surface area contributed by atoms with E-state index in [1.807, 2.05) is 7.05 Å². The second-order valence-corrected chi connectivity index (χ2v) is 4.43. The van der Waals surface area contributed by atoms with Gasteiger partial charge in [-0.05, 0) is 46.7 Å². The van der Waals surface area contributed by atoms with Gasteiger partial charge in [-0.1, -0.05) is 0 Å². The molecule has 1 aliphatic heterocycles. The van der Waals surface area contributed by atoms with Crippen LogP contribution < -0.4 is 5.32 Å². The third-order valence-electron chi connectivity index (χ3n) is 3.31. The van der Waals surface area contributed by atoms with Crippen LogP contribution >= 0.6 is 0 Å². The minimum atomic E-state index is 0.516. The number of likely N-dealkylation sites (tertiary alicyclic amines) is 1. The molecule has 0 aromatic rings. The number of ether oxygens (including phenoxy) is 1. The van der Waals surface area contributed by atoms with Gasteiger partial charge < -0.3 is 15.0 Å². The van der Waals surface area contributed by atoms with Crippen LogP contribution in [0.3, 0.4) is 0 Å². The summed E-state index contributed by atoms with van der Waals surface area (Å²) in [5.41, 5.74) is 0. The van der Waals surface area contributed by atoms with E-state index in [0.717, 1.165) is 13.2 Å². The molecule has 0 aromatic heterocycles. The van der Waals surface area contributed by atoms with Crippen molar-refractivity contribution in [1.82, 2.24) is 10.2 Å². The molecule has 1 unspecified atom stereocenters. The molecule has 1 atom stereocenters. The summed E-state index contributed by atoms with van der Waals surface area (Å²) in [6.45, 7) is 8.80. The third-order valence-corrected chi connectivity index (χ3v) is 3.31. The molecule has 3 heteroatoms. The summed E-state index contributed by atoms with van der Waals surface area (Å²) in [7, 11) is 2.02. The Bertz CT molecular complexity index is 156. The molecule has 0 aliphatic carbocycles. The monoisotopic (exact) mass is 214 g/mol. The first kappa shape index (κ1) is 12.9. The Labute approximate surface area is 94.2 Å². The van der Waals surface area contributed by atoms with Crippen molar-refractivity contribution in [3.63, 3.8) is 0 Å². The van der Waals surface area contributed by atoms with Gasteiger partial charge in [-0.3, -0.25) is 0 Å². The molecule has 0 bridgehead atoms. The first-order chi connectivity index (χ1) is 7.27. The normalized spacial score (nSPS) is 21.8. The summed E-state index contributed by atoms with van der Waals surface area (Å²) in [5, 5.41) is 3.22. The van der Waals surface area contributed by atoms with Crippen molar-refractivity contribution in [1.29, 1.82) is 0 Å². The SMILES string of the molecule is CCOC1CCN(C(C)CCNC)CC1. The average Bonchev–Trinajstić information content (AvgIpc) is 2.27. The van der Waals surface area contributed by atoms with Gasteiger partial charge in [0.2, 0.25) is 0 Å². The van der Waals surface area contributed by atoms with Gasteiger partial charge in [0.1, 0.15) is 0 Å². The molecule has 0 amide bonds. The predicted octanol–water partition coefficient (Wildman–Crippen LogP) is 1.49. The first-order valence-electron chi connectivity index (χ1n) is 6.28. The van der Waals surface area contributed by atoms with E-state index in [0.29, 0.717) is 12.1 Å². The van der Waals surface area contributed by atoms with Gasteiger partial charge >= 0.3 is 0 Å². The molecule has 90 valence electrons. The quantitative estimate of drug-likeness (QED) is 0.725. The standard InChI is InChI=1S/C12H26N2O/c1-4-15-12-6-9-14(10-7-12)11(2)5-8-13-3/h11-13H,4-10H2,1-3H3. The Morgan fingerprint density at radius 3 is 2.60 bits per heavy atom. The molecule has 1 N–H and O–H groups in total. The summed E-state index contributed by atoms with van der Waals surface area (Å²) in [4.78, 5) is 2.59. The molecular weight excluding hydrogens is 188 g/mol. The lowest BCUT2D eigenvalue weighted by Gasteiger charge is -2.35. The van der Waals surface area contributed by atoms with Crippen LogP contribution in [0.2, 0.25) is 0 Å². The lowest BCUT2D eigenvalue weighted by atomic mass is 10.0. The topological polar surface area (TPSA) is 24.5 Å². The number of nitrogens with one attached hydrogen (secondary N) is 1. The highest BCUT2D eigenvalue weighted by molar-refractivity contribution is 4.76. The molecule has 0 spiro atoms. The fraction of sp³-hybridized carbons (Fsp3) is 1.00. The van der Waals surface area contributed by atoms with Gasteiger partial charge in [0, 0.05) is 25.7 Å². The van der Waals surface area contributed by atoms with Crippen LogP contribution in [0, 0.1) is 0 Å². The van der Waals surface area contributed by atoms with Crippen LogP contribution in [-0.4, -0.2) is 50.3 Å². The minimum absolute atomic E-state index is 0.516. The molecule has 1 fully saturated rings. The second kappa shape index (κ2) is 7.20. The highest BCUT2D eigenvalue weighted by atomic mass is 16.5. The number of hydrogen-bond donors (Lipinski definition) is 1. The van der Waals surface area contributed by atoms with E-state index in [1.165, 1.54) is 32.4 Å². The second-order valence-electron chi connectivity index (χ2n) is 4.43. The number of rotatable bonds is 6. The molecule has 3 nitrogen and oxygen atoms in total. The number of hydrogen-bond acceptors (Lipinski definition) is 3. The van der Waals surface area contributed by atoms with Crippen molar-refractivity contribution >= 4 is 0 Å². The molecule has 15 heavy (non-hydrogen) atoms. The van der Waals surface area contributed by atoms with Crippen LogP contribution in [0.5, 0.6) is 0 Å². The van der Waals surface area contributed by atoms with Crippen molar-refractivity contribution in [2.45, 2.75) is 45.3 Å². The maximum atomic E-state index is 5.65. The van der Waals surface area contributed by atoms with Gasteiger partial charge in [-0.15, -0.1) is 0 Å². The zero-order chi connectivity index (χ0) is 11.1. The van der Waals surface area contributed by atoms with Crippen LogP contribution in [-0.2, 0) is 4.74 Å². The van der Waals surface area contributed by atoms with Crippen molar-refractivity contribution in [2.75, 3.05) is 33.3 Å². The van der Waals surface area contributed by atoms with Crippen molar-refractivity contribution < 1.29 is 4.74 Å². The van der Waals surface area contributed by atoms with Crippen molar-refractivity contribution in [3.8, 4) is 0 Å². The molecule has 0 aromatic carbocycles. The van der Waals surface area contributed by atoms with Gasteiger partial charge in [0.15, 0.2) is 0 Å². The summed E-state index contributed by atoms with van der Waals surface area (Å²) >= 11 is 0. The summed E-state index contributed by atoms with van der Waals surface area (Å²) in [6, 6.07) is 0.708. The zero-order valence-electron chi connectivity index (χ0n) is 10.5. The minimum Gasteiger partial charge on any atom is -0.378 e. The van der Waals surface area contributed by atoms with Crippen molar-refractivity contribution in [3.05, 3.63) is 0 Å². The Morgan fingerprint density at radius 2 is 2.07 bits per heavy atom. The van der Waals surface area contributed by atoms with E-state index in [2.05, 4.69) is 24.1 Å². The van der Waals surface area contributed by atoms with E-state index in [-0.39, 0.29) is 0 Å². The molecule has 1 aliphatic rings. The molecule has 1 heterocycles. The van der Waals surface area contributed by atoms with Crippen LogP contribution in [0.4, 0.5) is 0 Å². The smallest absolute Gasteiger partial charge is 0.0599 e. The Balaban J connectivity index is 2.18. The number of nitrogens with zero attached hydrogens (tertiary/aromatic N) is 1. The molecule has 0 radical (unpaired) electrons. The summed E-state index contributed by atoms with van der Waals surface area (Å²) in [5.74, 6) is 0. The van der Waals surface area contributed by atoms with Crippen LogP contribution in [0.15, 0.2) is 0 Å². The van der Waals surface area contributed by atoms with E-state index in [1.54, 1.807) is 0 Å². The van der Waals surface area contributed by atoms with Gasteiger partial charge in [-0.25, -0.2) is 0 Å². The predicted molar refractivity (Wildman–Crippen MR) is 64.2 cm³/mol. The maximum absolute atomic E-state index is 5.65. The Hall–Kier alpha value is -0.120. The molecule has 0 saturated carbocycles. The van der Waals surface area contributed by atoms with E-state index in [9.17, 15) is 0 Å². The fourth-order valence-electron chi connectivity index (χ4n) is 2.25. The van der Waals surface area contributed by atoms with Gasteiger partial charge in [-0.2, -0.15) is 0 Å². The summed E-state index contributed by atoms with van der Waals surface area (Å²) in [6.07, 6.45) is 4.17. The van der Waals surface area contributed by atoms with Crippen molar-refractivity contribution in [2.24, 2.45) is 0 Å². The fourth-order valence-corrected chi connectivity index (χ4v) is 2.25. The first-order valence-corrected chi connectivity index (χ1v) is 6.28. The Morgan fingerprint density at radius 1 is 1.40 bits per heavy atom. The van der Waals surface area contributed by atoms with E-state index >= 15 is 0 Å². The lowest BCUT2D eigenvalue weighted by Crippen LogP contribution is -2.43. The summed E-state index contributed by atoms with van der Waals surface area (Å²) < 4.78 is 5.65.